The molecule has 152 valence electrons. The molecule has 1 atom stereocenters. The Balaban J connectivity index is 2.23. The summed E-state index contributed by atoms with van der Waals surface area (Å²) in [7, 11) is -1.97. The molecule has 0 bridgehead atoms. The molecule has 28 heavy (non-hydrogen) atoms. The van der Waals surface area contributed by atoms with Crippen LogP contribution in [0.1, 0.15) is 48.7 Å². The summed E-state index contributed by atoms with van der Waals surface area (Å²) in [5, 5.41) is 0. The Morgan fingerprint density at radius 3 is 2.32 bits per heavy atom. The summed E-state index contributed by atoms with van der Waals surface area (Å²) in [5.41, 5.74) is 1.86. The Hall–Kier alpha value is -2.18. The summed E-state index contributed by atoms with van der Waals surface area (Å²) in [6, 6.07) is 14.3. The van der Waals surface area contributed by atoms with Crippen LogP contribution in [0.15, 0.2) is 53.4 Å². The summed E-state index contributed by atoms with van der Waals surface area (Å²) in [6.45, 7) is 8.17. The van der Waals surface area contributed by atoms with Gasteiger partial charge < -0.3 is 4.90 Å². The van der Waals surface area contributed by atoms with Crippen LogP contribution >= 0.6 is 0 Å². The second-order valence-corrected chi connectivity index (χ2v) is 9.42. The molecule has 0 fully saturated rings. The van der Waals surface area contributed by atoms with Crippen LogP contribution in [0.5, 0.6) is 0 Å². The van der Waals surface area contributed by atoms with Gasteiger partial charge in [-0.05, 0) is 49.4 Å². The highest BCUT2D eigenvalue weighted by molar-refractivity contribution is 7.89. The number of carbonyl (C=O) groups excluding carboxylic acids is 1. The zero-order valence-corrected chi connectivity index (χ0v) is 18.1. The Morgan fingerprint density at radius 1 is 1.07 bits per heavy atom. The second kappa shape index (κ2) is 9.34. The van der Waals surface area contributed by atoms with Crippen molar-refractivity contribution in [2.24, 2.45) is 5.92 Å². The van der Waals surface area contributed by atoms with E-state index in [0.29, 0.717) is 17.0 Å². The van der Waals surface area contributed by atoms with E-state index in [1.807, 2.05) is 37.3 Å². The molecule has 0 aliphatic carbocycles. The van der Waals surface area contributed by atoms with Gasteiger partial charge in [0.1, 0.15) is 0 Å². The summed E-state index contributed by atoms with van der Waals surface area (Å²) >= 11 is 0. The van der Waals surface area contributed by atoms with Crippen molar-refractivity contribution in [3.05, 3.63) is 65.2 Å². The van der Waals surface area contributed by atoms with Gasteiger partial charge in [-0.1, -0.05) is 50.2 Å². The smallest absolute Gasteiger partial charge is 0.253 e. The van der Waals surface area contributed by atoms with E-state index in [4.69, 9.17) is 0 Å². The highest BCUT2D eigenvalue weighted by atomic mass is 32.2. The minimum atomic E-state index is -3.73. The van der Waals surface area contributed by atoms with Crippen LogP contribution in [-0.2, 0) is 16.6 Å². The van der Waals surface area contributed by atoms with Crippen LogP contribution in [-0.4, -0.2) is 32.3 Å². The monoisotopic (exact) mass is 402 g/mol. The summed E-state index contributed by atoms with van der Waals surface area (Å²) in [5.74, 6) is 0.300. The quantitative estimate of drug-likeness (QED) is 0.726. The fraction of sp³-hybridized carbons (Fsp3) is 0.409. The van der Waals surface area contributed by atoms with E-state index in [9.17, 15) is 13.2 Å². The topological polar surface area (TPSA) is 66.5 Å². The van der Waals surface area contributed by atoms with Crippen molar-refractivity contribution < 1.29 is 13.2 Å². The van der Waals surface area contributed by atoms with E-state index >= 15 is 0 Å². The van der Waals surface area contributed by atoms with Gasteiger partial charge in [-0.15, -0.1) is 0 Å². The zero-order valence-electron chi connectivity index (χ0n) is 17.3. The van der Waals surface area contributed by atoms with Crippen LogP contribution in [0.2, 0.25) is 0 Å². The van der Waals surface area contributed by atoms with Crippen molar-refractivity contribution in [2.75, 3.05) is 7.05 Å². The highest BCUT2D eigenvalue weighted by Gasteiger charge is 2.22. The molecule has 0 aliphatic rings. The van der Waals surface area contributed by atoms with Crippen molar-refractivity contribution in [2.45, 2.75) is 51.6 Å². The number of benzene rings is 2. The average Bonchev–Trinajstić information content (AvgIpc) is 2.66. The molecule has 1 N–H and O–H groups in total. The molecule has 0 aliphatic heterocycles. The van der Waals surface area contributed by atoms with Gasteiger partial charge in [0.25, 0.3) is 5.91 Å². The molecule has 0 aromatic heterocycles. The fourth-order valence-corrected chi connectivity index (χ4v) is 4.40. The van der Waals surface area contributed by atoms with Crippen LogP contribution in [0.25, 0.3) is 0 Å². The van der Waals surface area contributed by atoms with Crippen LogP contribution in [0.4, 0.5) is 0 Å². The molecule has 0 saturated carbocycles. The maximum Gasteiger partial charge on any atom is 0.253 e. The van der Waals surface area contributed by atoms with Gasteiger partial charge in [-0.3, -0.25) is 4.79 Å². The first kappa shape index (κ1) is 22.1. The first-order valence-electron chi connectivity index (χ1n) is 9.53. The molecular weight excluding hydrogens is 372 g/mol. The van der Waals surface area contributed by atoms with Crippen molar-refractivity contribution in [3.8, 4) is 0 Å². The molecule has 2 aromatic carbocycles. The number of sulfonamides is 1. The van der Waals surface area contributed by atoms with Crippen LogP contribution in [0.3, 0.4) is 0 Å². The molecule has 2 rings (SSSR count). The Kier molecular flexibility index (Phi) is 7.38. The normalized spacial score (nSPS) is 12.8. The second-order valence-electron chi connectivity index (χ2n) is 7.69. The standard InChI is InChI=1S/C22H30N2O3S/c1-16(2)13-18(4)24(5)22(25)20-12-11-17(3)21(14-20)28(26,27)23-15-19-9-7-6-8-10-19/h6-12,14,16,18,23H,13,15H2,1-5H3. The number of hydrogen-bond acceptors (Lipinski definition) is 3. The summed E-state index contributed by atoms with van der Waals surface area (Å²) in [6.07, 6.45) is 0.887. The third kappa shape index (κ3) is 5.66. The summed E-state index contributed by atoms with van der Waals surface area (Å²) in [4.78, 5) is 14.7. The van der Waals surface area contributed by atoms with Crippen LogP contribution in [0, 0.1) is 12.8 Å². The molecule has 5 nitrogen and oxygen atoms in total. The number of nitrogens with one attached hydrogen (secondary N) is 1. The van der Waals surface area contributed by atoms with Crippen LogP contribution < -0.4 is 4.72 Å². The Labute approximate surface area is 168 Å². The minimum Gasteiger partial charge on any atom is -0.339 e. The lowest BCUT2D eigenvalue weighted by molar-refractivity contribution is 0.0728. The van der Waals surface area contributed by atoms with Gasteiger partial charge in [-0.25, -0.2) is 13.1 Å². The van der Waals surface area contributed by atoms with Gasteiger partial charge in [0.2, 0.25) is 10.0 Å². The fourth-order valence-electron chi connectivity index (χ4n) is 3.12. The number of aryl methyl sites for hydroxylation is 1. The zero-order chi connectivity index (χ0) is 20.9. The average molecular weight is 403 g/mol. The Bertz CT molecular complexity index is 909. The molecule has 0 saturated heterocycles. The predicted octanol–water partition coefficient (Wildman–Crippen LogP) is 3.98. The summed E-state index contributed by atoms with van der Waals surface area (Å²) < 4.78 is 28.3. The van der Waals surface area contributed by atoms with E-state index in [-0.39, 0.29) is 23.4 Å². The lowest BCUT2D eigenvalue weighted by Crippen LogP contribution is -2.36. The third-order valence-corrected chi connectivity index (χ3v) is 6.37. The van der Waals surface area contributed by atoms with Crippen molar-refractivity contribution >= 4 is 15.9 Å². The first-order chi connectivity index (χ1) is 13.1. The third-order valence-electron chi connectivity index (χ3n) is 4.83. The van der Waals surface area contributed by atoms with E-state index in [0.717, 1.165) is 12.0 Å². The SMILES string of the molecule is Cc1ccc(C(=O)N(C)C(C)CC(C)C)cc1S(=O)(=O)NCc1ccccc1. The molecule has 2 aromatic rings. The Morgan fingerprint density at radius 2 is 1.71 bits per heavy atom. The molecule has 0 radical (unpaired) electrons. The number of amides is 1. The van der Waals surface area contributed by atoms with Crippen molar-refractivity contribution in [3.63, 3.8) is 0 Å². The lowest BCUT2D eigenvalue weighted by atomic mass is 10.0. The molecule has 1 unspecified atom stereocenters. The number of hydrogen-bond donors (Lipinski definition) is 1. The van der Waals surface area contributed by atoms with E-state index < -0.39 is 10.0 Å². The van der Waals surface area contributed by atoms with Gasteiger partial charge in [-0.2, -0.15) is 0 Å². The van der Waals surface area contributed by atoms with Crippen molar-refractivity contribution in [1.82, 2.24) is 9.62 Å². The maximum absolute atomic E-state index is 12.8. The van der Waals surface area contributed by atoms with Gasteiger partial charge in [0.05, 0.1) is 4.90 Å². The van der Waals surface area contributed by atoms with Crippen molar-refractivity contribution in [1.29, 1.82) is 0 Å². The number of carbonyl (C=O) groups is 1. The molecule has 6 heteroatoms. The first-order valence-corrected chi connectivity index (χ1v) is 11.0. The van der Waals surface area contributed by atoms with E-state index in [2.05, 4.69) is 18.6 Å². The number of rotatable bonds is 8. The van der Waals surface area contributed by atoms with Gasteiger partial charge in [0, 0.05) is 25.2 Å². The minimum absolute atomic E-state index is 0.0741. The van der Waals surface area contributed by atoms with Gasteiger partial charge in [0.15, 0.2) is 0 Å². The van der Waals surface area contributed by atoms with E-state index in [1.165, 1.54) is 6.07 Å². The van der Waals surface area contributed by atoms with Gasteiger partial charge >= 0.3 is 0 Å². The van der Waals surface area contributed by atoms with E-state index in [1.54, 1.807) is 31.0 Å². The maximum atomic E-state index is 12.8. The molecule has 1 amide bonds. The molecule has 0 heterocycles. The molecular formula is C22H30N2O3S. The number of nitrogens with zero attached hydrogens (tertiary/aromatic N) is 1. The highest BCUT2D eigenvalue weighted by Crippen LogP contribution is 2.20. The lowest BCUT2D eigenvalue weighted by Gasteiger charge is -2.26. The largest absolute Gasteiger partial charge is 0.339 e. The predicted molar refractivity (Wildman–Crippen MR) is 113 cm³/mol. The molecule has 0 spiro atoms.